The van der Waals surface area contributed by atoms with Gasteiger partial charge in [-0.25, -0.2) is 4.39 Å². The largest absolute Gasteiger partial charge is 0.452 e. The second kappa shape index (κ2) is 4.52. The summed E-state index contributed by atoms with van der Waals surface area (Å²) in [4.78, 5) is 11.3. The fourth-order valence-corrected chi connectivity index (χ4v) is 2.18. The Kier molecular flexibility index (Phi) is 2.82. The van der Waals surface area contributed by atoms with Crippen LogP contribution in [0.5, 0.6) is 11.5 Å². The van der Waals surface area contributed by atoms with Crippen LogP contribution in [0.15, 0.2) is 30.3 Å². The van der Waals surface area contributed by atoms with Crippen LogP contribution in [0.3, 0.4) is 0 Å². The molecule has 0 aromatic heterocycles. The van der Waals surface area contributed by atoms with Crippen molar-refractivity contribution < 1.29 is 13.9 Å². The standard InChI is InChI=1S/C15H13FN2O2/c1-8-3-2-4-12(15(8)16)20-13-7-11-9(5-10(13)17)6-14(19)18-11/h2-5,7H,6,17H2,1H3,(H,18,19). The summed E-state index contributed by atoms with van der Waals surface area (Å²) in [6.07, 6.45) is 0.304. The average Bonchev–Trinajstić information content (AvgIpc) is 2.74. The van der Waals surface area contributed by atoms with Crippen molar-refractivity contribution in [2.75, 3.05) is 11.1 Å². The van der Waals surface area contributed by atoms with Crippen molar-refractivity contribution in [3.8, 4) is 11.5 Å². The second-order valence-electron chi connectivity index (χ2n) is 4.76. The third-order valence-electron chi connectivity index (χ3n) is 3.24. The summed E-state index contributed by atoms with van der Waals surface area (Å²) in [7, 11) is 0. The zero-order chi connectivity index (χ0) is 14.3. The van der Waals surface area contributed by atoms with Gasteiger partial charge in [0.05, 0.1) is 12.1 Å². The van der Waals surface area contributed by atoms with Gasteiger partial charge in [-0.1, -0.05) is 12.1 Å². The number of aryl methyl sites for hydroxylation is 1. The van der Waals surface area contributed by atoms with E-state index in [9.17, 15) is 9.18 Å². The molecule has 1 heterocycles. The van der Waals surface area contributed by atoms with Crippen molar-refractivity contribution in [1.29, 1.82) is 0 Å². The van der Waals surface area contributed by atoms with Gasteiger partial charge in [0.1, 0.15) is 0 Å². The summed E-state index contributed by atoms with van der Waals surface area (Å²) in [6.45, 7) is 1.66. The Morgan fingerprint density at radius 2 is 2.10 bits per heavy atom. The first-order valence-corrected chi connectivity index (χ1v) is 6.20. The van der Waals surface area contributed by atoms with Gasteiger partial charge in [0.25, 0.3) is 0 Å². The van der Waals surface area contributed by atoms with E-state index in [1.165, 1.54) is 6.07 Å². The summed E-state index contributed by atoms with van der Waals surface area (Å²) in [5, 5.41) is 2.71. The minimum Gasteiger partial charge on any atom is -0.452 e. The molecule has 2 aromatic carbocycles. The molecule has 20 heavy (non-hydrogen) atoms. The Balaban J connectivity index is 1.98. The van der Waals surface area contributed by atoms with Crippen LogP contribution in [-0.2, 0) is 11.2 Å². The van der Waals surface area contributed by atoms with Crippen LogP contribution >= 0.6 is 0 Å². The summed E-state index contributed by atoms with van der Waals surface area (Å²) < 4.78 is 19.4. The Morgan fingerprint density at radius 1 is 1.30 bits per heavy atom. The minimum absolute atomic E-state index is 0.0849. The van der Waals surface area contributed by atoms with E-state index in [1.54, 1.807) is 31.2 Å². The van der Waals surface area contributed by atoms with Crippen LogP contribution in [0, 0.1) is 12.7 Å². The Labute approximate surface area is 115 Å². The number of halogens is 1. The molecule has 0 radical (unpaired) electrons. The van der Waals surface area contributed by atoms with Crippen LogP contribution in [0.25, 0.3) is 0 Å². The van der Waals surface area contributed by atoms with Gasteiger partial charge in [0, 0.05) is 11.8 Å². The molecule has 0 aliphatic carbocycles. The summed E-state index contributed by atoms with van der Waals surface area (Å²) in [6, 6.07) is 8.20. The number of hydrogen-bond donors (Lipinski definition) is 2. The van der Waals surface area contributed by atoms with E-state index < -0.39 is 5.82 Å². The van der Waals surface area contributed by atoms with Crippen LogP contribution in [0.4, 0.5) is 15.8 Å². The number of anilines is 2. The monoisotopic (exact) mass is 272 g/mol. The zero-order valence-electron chi connectivity index (χ0n) is 10.9. The highest BCUT2D eigenvalue weighted by Gasteiger charge is 2.20. The van der Waals surface area contributed by atoms with Crippen molar-refractivity contribution in [2.24, 2.45) is 0 Å². The van der Waals surface area contributed by atoms with E-state index >= 15 is 0 Å². The molecule has 3 rings (SSSR count). The quantitative estimate of drug-likeness (QED) is 0.826. The van der Waals surface area contributed by atoms with Gasteiger partial charge in [0.15, 0.2) is 17.3 Å². The minimum atomic E-state index is -0.420. The lowest BCUT2D eigenvalue weighted by molar-refractivity contribution is -0.115. The molecular weight excluding hydrogens is 259 g/mol. The molecule has 102 valence electrons. The smallest absolute Gasteiger partial charge is 0.228 e. The Morgan fingerprint density at radius 3 is 2.90 bits per heavy atom. The number of ether oxygens (including phenoxy) is 1. The maximum Gasteiger partial charge on any atom is 0.228 e. The molecule has 1 aliphatic heterocycles. The number of nitrogen functional groups attached to an aromatic ring is 1. The van der Waals surface area contributed by atoms with Crippen molar-refractivity contribution in [3.63, 3.8) is 0 Å². The highest BCUT2D eigenvalue weighted by atomic mass is 19.1. The molecule has 0 atom stereocenters. The van der Waals surface area contributed by atoms with Crippen molar-refractivity contribution in [3.05, 3.63) is 47.3 Å². The first-order chi connectivity index (χ1) is 9.54. The Bertz CT molecular complexity index is 713. The Hall–Kier alpha value is -2.56. The number of fused-ring (bicyclic) bond motifs is 1. The number of carbonyl (C=O) groups excluding carboxylic acids is 1. The number of nitrogens with one attached hydrogen (secondary N) is 1. The van der Waals surface area contributed by atoms with Crippen LogP contribution in [0.2, 0.25) is 0 Å². The van der Waals surface area contributed by atoms with E-state index in [-0.39, 0.29) is 11.7 Å². The third kappa shape index (κ3) is 2.07. The molecule has 0 saturated carbocycles. The van der Waals surface area contributed by atoms with Gasteiger partial charge < -0.3 is 15.8 Å². The average molecular weight is 272 g/mol. The molecule has 0 spiro atoms. The van der Waals surface area contributed by atoms with E-state index in [2.05, 4.69) is 5.32 Å². The van der Waals surface area contributed by atoms with Crippen molar-refractivity contribution in [1.82, 2.24) is 0 Å². The predicted molar refractivity (Wildman–Crippen MR) is 74.4 cm³/mol. The number of nitrogens with two attached hydrogens (primary N) is 1. The van der Waals surface area contributed by atoms with Crippen molar-refractivity contribution >= 4 is 17.3 Å². The molecule has 0 bridgehead atoms. The van der Waals surface area contributed by atoms with Gasteiger partial charge in [-0.2, -0.15) is 0 Å². The van der Waals surface area contributed by atoms with Gasteiger partial charge >= 0.3 is 0 Å². The van der Waals surface area contributed by atoms with E-state index in [1.807, 2.05) is 0 Å². The molecule has 1 amide bonds. The topological polar surface area (TPSA) is 64.3 Å². The van der Waals surface area contributed by atoms with Crippen molar-refractivity contribution in [2.45, 2.75) is 13.3 Å². The molecule has 4 nitrogen and oxygen atoms in total. The molecule has 3 N–H and O–H groups in total. The lowest BCUT2D eigenvalue weighted by Gasteiger charge is -2.12. The van der Waals surface area contributed by atoms with E-state index in [0.29, 0.717) is 29.1 Å². The first-order valence-electron chi connectivity index (χ1n) is 6.20. The number of amides is 1. The summed E-state index contributed by atoms with van der Waals surface area (Å²) in [5.41, 5.74) is 8.24. The number of rotatable bonds is 2. The van der Waals surface area contributed by atoms with E-state index in [4.69, 9.17) is 10.5 Å². The molecular formula is C15H13FN2O2. The molecule has 0 unspecified atom stereocenters. The highest BCUT2D eigenvalue weighted by Crippen LogP contribution is 2.36. The number of benzene rings is 2. The molecule has 0 saturated heterocycles. The first kappa shape index (κ1) is 12.5. The van der Waals surface area contributed by atoms with Gasteiger partial charge in [-0.15, -0.1) is 0 Å². The number of hydrogen-bond acceptors (Lipinski definition) is 3. The van der Waals surface area contributed by atoms with Crippen LogP contribution in [-0.4, -0.2) is 5.91 Å². The molecule has 5 heteroatoms. The second-order valence-corrected chi connectivity index (χ2v) is 4.76. The van der Waals surface area contributed by atoms with Gasteiger partial charge in [0.2, 0.25) is 5.91 Å². The van der Waals surface area contributed by atoms with Crippen LogP contribution < -0.4 is 15.8 Å². The lowest BCUT2D eigenvalue weighted by atomic mass is 10.1. The molecule has 0 fully saturated rings. The van der Waals surface area contributed by atoms with Gasteiger partial charge in [-0.05, 0) is 30.2 Å². The highest BCUT2D eigenvalue weighted by molar-refractivity contribution is 6.00. The lowest BCUT2D eigenvalue weighted by Crippen LogP contribution is -2.03. The predicted octanol–water partition coefficient (Wildman–Crippen LogP) is 3.00. The summed E-state index contributed by atoms with van der Waals surface area (Å²) in [5.74, 6) is -0.0638. The normalized spacial score (nSPS) is 13.0. The fraction of sp³-hybridized carbons (Fsp3) is 0.133. The fourth-order valence-electron chi connectivity index (χ4n) is 2.18. The van der Waals surface area contributed by atoms with Gasteiger partial charge in [-0.3, -0.25) is 4.79 Å². The number of carbonyl (C=O) groups is 1. The zero-order valence-corrected chi connectivity index (χ0v) is 10.9. The van der Waals surface area contributed by atoms with Crippen LogP contribution in [0.1, 0.15) is 11.1 Å². The van der Waals surface area contributed by atoms with E-state index in [0.717, 1.165) is 5.56 Å². The SMILES string of the molecule is Cc1cccc(Oc2cc3c(cc2N)CC(=O)N3)c1F. The maximum atomic E-state index is 13.9. The molecule has 2 aromatic rings. The maximum absolute atomic E-state index is 13.9. The third-order valence-corrected chi connectivity index (χ3v) is 3.24. The summed E-state index contributed by atoms with van der Waals surface area (Å²) >= 11 is 0. The molecule has 1 aliphatic rings.